The van der Waals surface area contributed by atoms with E-state index in [0.29, 0.717) is 15.7 Å². The minimum atomic E-state index is -0.280. The molecule has 0 radical (unpaired) electrons. The number of hydrogen-bond donors (Lipinski definition) is 1. The van der Waals surface area contributed by atoms with Gasteiger partial charge in [0, 0.05) is 18.7 Å². The molecule has 5 heteroatoms. The summed E-state index contributed by atoms with van der Waals surface area (Å²) in [6, 6.07) is 3.53. The van der Waals surface area contributed by atoms with Crippen LogP contribution in [0, 0.1) is 11.2 Å². The van der Waals surface area contributed by atoms with Gasteiger partial charge in [0.15, 0.2) is 5.82 Å². The highest BCUT2D eigenvalue weighted by Crippen LogP contribution is 2.36. The zero-order chi connectivity index (χ0) is 13.5. The van der Waals surface area contributed by atoms with Crippen molar-refractivity contribution in [1.82, 2.24) is 0 Å². The van der Waals surface area contributed by atoms with Crippen molar-refractivity contribution in [2.45, 2.75) is 20.3 Å². The summed E-state index contributed by atoms with van der Waals surface area (Å²) in [6.07, 6.45) is 1.07. The summed E-state index contributed by atoms with van der Waals surface area (Å²) in [7, 11) is 0. The van der Waals surface area contributed by atoms with Crippen molar-refractivity contribution in [2.24, 2.45) is 11.1 Å². The minimum absolute atomic E-state index is 0.203. The first kappa shape index (κ1) is 13.7. The number of benzene rings is 1. The standard InChI is InChI=1S/C13H16BrFN2S/c1-13(2)5-6-17(7-13)9-4-3-8(12(16)18)10(14)11(9)15/h3-4H,5-7H2,1-2H3,(H2,16,18). The molecule has 0 amide bonds. The molecule has 18 heavy (non-hydrogen) atoms. The second kappa shape index (κ2) is 4.78. The topological polar surface area (TPSA) is 29.3 Å². The van der Waals surface area contributed by atoms with Crippen molar-refractivity contribution >= 4 is 38.8 Å². The van der Waals surface area contributed by atoms with Crippen LogP contribution in [0.2, 0.25) is 0 Å². The van der Waals surface area contributed by atoms with Crippen molar-refractivity contribution < 1.29 is 4.39 Å². The molecule has 0 atom stereocenters. The Balaban J connectivity index is 2.37. The van der Waals surface area contributed by atoms with Crippen molar-refractivity contribution in [1.29, 1.82) is 0 Å². The van der Waals surface area contributed by atoms with Crippen LogP contribution in [0.5, 0.6) is 0 Å². The van der Waals surface area contributed by atoms with E-state index in [4.69, 9.17) is 18.0 Å². The molecule has 1 fully saturated rings. The Morgan fingerprint density at radius 1 is 1.50 bits per heavy atom. The smallest absolute Gasteiger partial charge is 0.161 e. The number of thiocarbonyl (C=S) groups is 1. The number of hydrogen-bond acceptors (Lipinski definition) is 2. The van der Waals surface area contributed by atoms with Crippen LogP contribution >= 0.6 is 28.1 Å². The normalized spacial score (nSPS) is 18.1. The summed E-state index contributed by atoms with van der Waals surface area (Å²) >= 11 is 8.13. The van der Waals surface area contributed by atoms with Gasteiger partial charge in [0.25, 0.3) is 0 Å². The molecule has 1 aliphatic heterocycles. The Bertz CT molecular complexity index is 502. The van der Waals surface area contributed by atoms with E-state index >= 15 is 0 Å². The predicted molar refractivity (Wildman–Crippen MR) is 80.6 cm³/mol. The molecular formula is C13H16BrFN2S. The van der Waals surface area contributed by atoms with E-state index in [1.165, 1.54) is 0 Å². The van der Waals surface area contributed by atoms with Crippen LogP contribution in [0.3, 0.4) is 0 Å². The number of nitrogens with zero attached hydrogens (tertiary/aromatic N) is 1. The second-order valence-electron chi connectivity index (χ2n) is 5.46. The van der Waals surface area contributed by atoms with Crippen molar-refractivity contribution in [3.8, 4) is 0 Å². The van der Waals surface area contributed by atoms with Crippen molar-refractivity contribution in [3.63, 3.8) is 0 Å². The van der Waals surface area contributed by atoms with Gasteiger partial charge in [-0.1, -0.05) is 26.1 Å². The summed E-state index contributed by atoms with van der Waals surface area (Å²) in [4.78, 5) is 2.28. The average Bonchev–Trinajstić information content (AvgIpc) is 2.62. The summed E-state index contributed by atoms with van der Waals surface area (Å²) < 4.78 is 14.7. The summed E-state index contributed by atoms with van der Waals surface area (Å²) in [5.41, 5.74) is 6.95. The molecule has 2 nitrogen and oxygen atoms in total. The van der Waals surface area contributed by atoms with E-state index in [-0.39, 0.29) is 16.2 Å². The molecule has 1 aromatic carbocycles. The molecule has 0 spiro atoms. The first-order valence-corrected chi connectivity index (χ1v) is 7.05. The summed E-state index contributed by atoms with van der Waals surface area (Å²) in [5.74, 6) is -0.280. The van der Waals surface area contributed by atoms with E-state index in [2.05, 4.69) is 34.7 Å². The maximum absolute atomic E-state index is 14.3. The summed E-state index contributed by atoms with van der Waals surface area (Å²) in [6.45, 7) is 6.14. The third kappa shape index (κ3) is 2.52. The van der Waals surface area contributed by atoms with Gasteiger partial charge in [-0.2, -0.15) is 0 Å². The highest BCUT2D eigenvalue weighted by molar-refractivity contribution is 9.10. The van der Waals surface area contributed by atoms with Gasteiger partial charge in [-0.3, -0.25) is 0 Å². The molecule has 0 saturated carbocycles. The lowest BCUT2D eigenvalue weighted by Crippen LogP contribution is -2.24. The van der Waals surface area contributed by atoms with Crippen LogP contribution in [0.25, 0.3) is 0 Å². The zero-order valence-electron chi connectivity index (χ0n) is 10.5. The molecule has 0 aromatic heterocycles. The third-order valence-corrected chi connectivity index (χ3v) is 4.34. The zero-order valence-corrected chi connectivity index (χ0v) is 12.9. The maximum atomic E-state index is 14.3. The van der Waals surface area contributed by atoms with Crippen LogP contribution in [-0.2, 0) is 0 Å². The fourth-order valence-electron chi connectivity index (χ4n) is 2.29. The monoisotopic (exact) mass is 330 g/mol. The first-order chi connectivity index (χ1) is 8.32. The maximum Gasteiger partial charge on any atom is 0.161 e. The van der Waals surface area contributed by atoms with Crippen LogP contribution in [0.1, 0.15) is 25.8 Å². The fourth-order valence-corrected chi connectivity index (χ4v) is 3.14. The molecule has 1 saturated heterocycles. The third-order valence-electron chi connectivity index (χ3n) is 3.35. The van der Waals surface area contributed by atoms with Crippen LogP contribution < -0.4 is 10.6 Å². The fraction of sp³-hybridized carbons (Fsp3) is 0.462. The molecule has 0 aliphatic carbocycles. The molecule has 1 aromatic rings. The van der Waals surface area contributed by atoms with Gasteiger partial charge in [-0.25, -0.2) is 4.39 Å². The molecule has 98 valence electrons. The molecule has 2 N–H and O–H groups in total. The van der Waals surface area contributed by atoms with E-state index < -0.39 is 0 Å². The lowest BCUT2D eigenvalue weighted by molar-refractivity contribution is 0.418. The van der Waals surface area contributed by atoms with Gasteiger partial charge < -0.3 is 10.6 Å². The number of nitrogens with two attached hydrogens (primary N) is 1. The quantitative estimate of drug-likeness (QED) is 0.842. The lowest BCUT2D eigenvalue weighted by atomic mass is 9.93. The van der Waals surface area contributed by atoms with Crippen molar-refractivity contribution in [2.75, 3.05) is 18.0 Å². The van der Waals surface area contributed by atoms with E-state index in [9.17, 15) is 4.39 Å². The number of halogens is 2. The Hall–Kier alpha value is -0.680. The molecule has 2 rings (SSSR count). The Labute approximate surface area is 120 Å². The van der Waals surface area contributed by atoms with Crippen molar-refractivity contribution in [3.05, 3.63) is 28.0 Å². The summed E-state index contributed by atoms with van der Waals surface area (Å²) in [5, 5.41) is 0. The Morgan fingerprint density at radius 2 is 2.17 bits per heavy atom. The van der Waals surface area contributed by atoms with Gasteiger partial charge in [0.2, 0.25) is 0 Å². The highest BCUT2D eigenvalue weighted by Gasteiger charge is 2.31. The lowest BCUT2D eigenvalue weighted by Gasteiger charge is -2.23. The molecule has 0 bridgehead atoms. The molecular weight excluding hydrogens is 315 g/mol. The number of rotatable bonds is 2. The van der Waals surface area contributed by atoms with Crippen LogP contribution in [0.4, 0.5) is 10.1 Å². The SMILES string of the molecule is CC1(C)CCN(c2ccc(C(N)=S)c(Br)c2F)C1. The highest BCUT2D eigenvalue weighted by atomic mass is 79.9. The van der Waals surface area contributed by atoms with Crippen LogP contribution in [0.15, 0.2) is 16.6 Å². The molecule has 1 heterocycles. The predicted octanol–water partition coefficient (Wildman–Crippen LogP) is 3.46. The van der Waals surface area contributed by atoms with Gasteiger partial charge in [0.1, 0.15) is 4.99 Å². The Kier molecular flexibility index (Phi) is 3.65. The Morgan fingerprint density at radius 3 is 2.67 bits per heavy atom. The van der Waals surface area contributed by atoms with E-state index in [1.54, 1.807) is 12.1 Å². The van der Waals surface area contributed by atoms with E-state index in [0.717, 1.165) is 19.5 Å². The largest absolute Gasteiger partial charge is 0.389 e. The van der Waals surface area contributed by atoms with Crippen LogP contribution in [-0.4, -0.2) is 18.1 Å². The number of anilines is 1. The van der Waals surface area contributed by atoms with Gasteiger partial charge in [0.05, 0.1) is 10.2 Å². The second-order valence-corrected chi connectivity index (χ2v) is 6.69. The average molecular weight is 331 g/mol. The first-order valence-electron chi connectivity index (χ1n) is 5.84. The molecule has 1 aliphatic rings. The van der Waals surface area contributed by atoms with Gasteiger partial charge >= 0.3 is 0 Å². The minimum Gasteiger partial charge on any atom is -0.389 e. The van der Waals surface area contributed by atoms with Gasteiger partial charge in [-0.15, -0.1) is 0 Å². The van der Waals surface area contributed by atoms with E-state index in [1.807, 2.05) is 0 Å². The molecule has 0 unspecified atom stereocenters. The van der Waals surface area contributed by atoms with Gasteiger partial charge in [-0.05, 0) is 39.9 Å².